The summed E-state index contributed by atoms with van der Waals surface area (Å²) in [6.07, 6.45) is 0.632. The number of methoxy groups -OCH3 is 1. The topological polar surface area (TPSA) is 36.3 Å². The van der Waals surface area contributed by atoms with Crippen LogP contribution in [0.3, 0.4) is 0 Å². The predicted octanol–water partition coefficient (Wildman–Crippen LogP) is 4.78. The van der Waals surface area contributed by atoms with Crippen molar-refractivity contribution >= 4 is 27.5 Å². The first-order valence-corrected chi connectivity index (χ1v) is 8.13. The van der Waals surface area contributed by atoms with E-state index in [9.17, 15) is 8.78 Å². The predicted molar refractivity (Wildman–Crippen MR) is 88.3 cm³/mol. The van der Waals surface area contributed by atoms with Crippen molar-refractivity contribution in [2.75, 3.05) is 13.7 Å². The summed E-state index contributed by atoms with van der Waals surface area (Å²) in [5.74, 6) is 0.0393. The molecule has 126 valence electrons. The molecule has 2 aromatic rings. The lowest BCUT2D eigenvalue weighted by molar-refractivity contribution is -0.0495. The molecule has 0 aliphatic heterocycles. The fourth-order valence-electron chi connectivity index (χ4n) is 2.20. The highest BCUT2D eigenvalue weighted by molar-refractivity contribution is 9.10. The second kappa shape index (κ2) is 8.08. The number of ether oxygens (including phenoxy) is 2. The fourth-order valence-corrected chi connectivity index (χ4v) is 2.91. The lowest BCUT2D eigenvalue weighted by atomic mass is 10.1. The lowest BCUT2D eigenvalue weighted by Gasteiger charge is -2.13. The minimum atomic E-state index is -2.93. The summed E-state index contributed by atoms with van der Waals surface area (Å²) in [5.41, 5.74) is 1.70. The third-order valence-corrected chi connectivity index (χ3v) is 4.11. The van der Waals surface area contributed by atoms with Crippen LogP contribution in [0.25, 0.3) is 11.3 Å². The first-order chi connectivity index (χ1) is 11.0. The number of hydrogen-bond donors (Lipinski definition) is 0. The molecule has 0 unspecified atom stereocenters. The van der Waals surface area contributed by atoms with Crippen LogP contribution in [0.5, 0.6) is 5.75 Å². The smallest absolute Gasteiger partial charge is 0.387 e. The van der Waals surface area contributed by atoms with E-state index in [1.165, 1.54) is 6.07 Å². The van der Waals surface area contributed by atoms with Gasteiger partial charge in [0.1, 0.15) is 5.75 Å². The maximum Gasteiger partial charge on any atom is 0.387 e. The molecule has 0 amide bonds. The molecule has 0 spiro atoms. The van der Waals surface area contributed by atoms with Crippen molar-refractivity contribution in [2.45, 2.75) is 26.5 Å². The summed E-state index contributed by atoms with van der Waals surface area (Å²) in [6.45, 7) is -0.120. The van der Waals surface area contributed by atoms with E-state index in [0.717, 1.165) is 0 Å². The Morgan fingerprint density at radius 1 is 1.39 bits per heavy atom. The Hall–Kier alpha value is -1.18. The van der Waals surface area contributed by atoms with Gasteiger partial charge < -0.3 is 9.47 Å². The Morgan fingerprint density at radius 3 is 2.74 bits per heavy atom. The Labute approximate surface area is 146 Å². The van der Waals surface area contributed by atoms with Crippen LogP contribution in [0, 0.1) is 0 Å². The number of halogens is 4. The molecule has 1 heterocycles. The molecule has 23 heavy (non-hydrogen) atoms. The minimum absolute atomic E-state index is 0.0393. The molecule has 4 nitrogen and oxygen atoms in total. The molecular formula is C15H16BrClF2N2O2. The van der Waals surface area contributed by atoms with Crippen molar-refractivity contribution in [2.24, 2.45) is 0 Å². The highest BCUT2D eigenvalue weighted by Gasteiger charge is 2.21. The number of hydrogen-bond acceptors (Lipinski definition) is 3. The maximum atomic E-state index is 12.7. The average Bonchev–Trinajstić information content (AvgIpc) is 2.81. The molecule has 0 saturated carbocycles. The van der Waals surface area contributed by atoms with E-state index >= 15 is 0 Å². The highest BCUT2D eigenvalue weighted by atomic mass is 79.9. The first kappa shape index (κ1) is 18.2. The van der Waals surface area contributed by atoms with Crippen LogP contribution in [0.1, 0.15) is 12.6 Å². The van der Waals surface area contributed by atoms with Crippen LogP contribution >= 0.6 is 27.5 Å². The number of benzene rings is 1. The van der Waals surface area contributed by atoms with Crippen molar-refractivity contribution in [3.05, 3.63) is 33.4 Å². The average molecular weight is 410 g/mol. The molecule has 0 bridgehead atoms. The molecule has 0 N–H and O–H groups in total. The standard InChI is InChI=1S/C15H16BrClF2N2O2/c1-3-11-13(17)14(21(20-11)6-7-22-2)10-5-4-9(16)8-12(10)23-15(18)19/h4-5,8,15H,3,6-7H2,1-2H3. The van der Waals surface area contributed by atoms with E-state index in [4.69, 9.17) is 16.3 Å². The second-order valence-corrected chi connectivity index (χ2v) is 5.99. The SMILES string of the molecule is CCc1nn(CCOC)c(-c2ccc(Br)cc2OC(F)F)c1Cl. The second-order valence-electron chi connectivity index (χ2n) is 4.70. The molecule has 0 saturated heterocycles. The van der Waals surface area contributed by atoms with Gasteiger partial charge in [0.15, 0.2) is 0 Å². The molecule has 0 aliphatic carbocycles. The van der Waals surface area contributed by atoms with Gasteiger partial charge in [-0.05, 0) is 24.6 Å². The molecule has 1 aromatic carbocycles. The molecule has 0 atom stereocenters. The fraction of sp³-hybridized carbons (Fsp3) is 0.400. The van der Waals surface area contributed by atoms with Gasteiger partial charge in [0, 0.05) is 17.1 Å². The van der Waals surface area contributed by atoms with Gasteiger partial charge in [-0.25, -0.2) is 0 Å². The summed E-state index contributed by atoms with van der Waals surface area (Å²) in [6, 6.07) is 4.90. The molecule has 0 radical (unpaired) electrons. The van der Waals surface area contributed by atoms with Gasteiger partial charge in [0.25, 0.3) is 0 Å². The normalized spacial score (nSPS) is 11.3. The number of alkyl halides is 2. The van der Waals surface area contributed by atoms with E-state index in [0.29, 0.717) is 46.0 Å². The zero-order chi connectivity index (χ0) is 17.0. The Bertz CT molecular complexity index is 680. The van der Waals surface area contributed by atoms with Crippen LogP contribution in [0.2, 0.25) is 5.02 Å². The summed E-state index contributed by atoms with van der Waals surface area (Å²) < 4.78 is 37.4. The van der Waals surface area contributed by atoms with Crippen LogP contribution in [0.4, 0.5) is 8.78 Å². The largest absolute Gasteiger partial charge is 0.434 e. The quantitative estimate of drug-likeness (QED) is 0.660. The summed E-state index contributed by atoms with van der Waals surface area (Å²) >= 11 is 9.67. The number of aryl methyl sites for hydroxylation is 1. The Balaban J connectivity index is 2.58. The van der Waals surface area contributed by atoms with Crippen molar-refractivity contribution in [1.29, 1.82) is 0 Å². The van der Waals surface area contributed by atoms with Crippen molar-refractivity contribution in [3.63, 3.8) is 0 Å². The zero-order valence-electron chi connectivity index (χ0n) is 12.7. The van der Waals surface area contributed by atoms with Crippen LogP contribution in [-0.4, -0.2) is 30.1 Å². The van der Waals surface area contributed by atoms with E-state index < -0.39 is 6.61 Å². The van der Waals surface area contributed by atoms with Crippen LogP contribution in [0.15, 0.2) is 22.7 Å². The summed E-state index contributed by atoms with van der Waals surface area (Å²) in [4.78, 5) is 0. The van der Waals surface area contributed by atoms with Gasteiger partial charge in [-0.3, -0.25) is 4.68 Å². The first-order valence-electron chi connectivity index (χ1n) is 6.96. The maximum absolute atomic E-state index is 12.7. The molecular weight excluding hydrogens is 394 g/mol. The number of rotatable bonds is 7. The van der Waals surface area contributed by atoms with Crippen molar-refractivity contribution < 1.29 is 18.3 Å². The monoisotopic (exact) mass is 408 g/mol. The van der Waals surface area contributed by atoms with Crippen LogP contribution in [-0.2, 0) is 17.7 Å². The van der Waals surface area contributed by atoms with Crippen LogP contribution < -0.4 is 4.74 Å². The van der Waals surface area contributed by atoms with E-state index in [-0.39, 0.29) is 5.75 Å². The van der Waals surface area contributed by atoms with Gasteiger partial charge in [-0.1, -0.05) is 34.5 Å². The molecule has 2 rings (SSSR count). The van der Waals surface area contributed by atoms with E-state index in [1.807, 2.05) is 6.92 Å². The minimum Gasteiger partial charge on any atom is -0.434 e. The van der Waals surface area contributed by atoms with E-state index in [1.54, 1.807) is 23.9 Å². The Kier molecular flexibility index (Phi) is 6.38. The van der Waals surface area contributed by atoms with Gasteiger partial charge >= 0.3 is 6.61 Å². The zero-order valence-corrected chi connectivity index (χ0v) is 15.0. The van der Waals surface area contributed by atoms with E-state index in [2.05, 4.69) is 25.8 Å². The van der Waals surface area contributed by atoms with Crippen molar-refractivity contribution in [3.8, 4) is 17.0 Å². The van der Waals surface area contributed by atoms with Gasteiger partial charge in [0.2, 0.25) is 0 Å². The Morgan fingerprint density at radius 2 is 2.13 bits per heavy atom. The molecule has 1 aromatic heterocycles. The third kappa shape index (κ3) is 4.22. The molecule has 8 heteroatoms. The highest BCUT2D eigenvalue weighted by Crippen LogP contribution is 2.39. The summed E-state index contributed by atoms with van der Waals surface area (Å²) in [7, 11) is 1.58. The van der Waals surface area contributed by atoms with Crippen molar-refractivity contribution in [1.82, 2.24) is 9.78 Å². The summed E-state index contributed by atoms with van der Waals surface area (Å²) in [5, 5.41) is 4.87. The van der Waals surface area contributed by atoms with Gasteiger partial charge in [-0.15, -0.1) is 0 Å². The number of nitrogens with zero attached hydrogens (tertiary/aromatic N) is 2. The van der Waals surface area contributed by atoms with Gasteiger partial charge in [0.05, 0.1) is 29.6 Å². The molecule has 0 fully saturated rings. The number of aromatic nitrogens is 2. The molecule has 0 aliphatic rings. The lowest BCUT2D eigenvalue weighted by Crippen LogP contribution is -2.09. The van der Waals surface area contributed by atoms with Gasteiger partial charge in [-0.2, -0.15) is 13.9 Å². The third-order valence-electron chi connectivity index (χ3n) is 3.22.